The molecule has 6 nitrogen and oxygen atoms in total. The first-order valence-electron chi connectivity index (χ1n) is 6.35. The van der Waals surface area contributed by atoms with Gasteiger partial charge in [0.15, 0.2) is 5.69 Å². The molecule has 2 heterocycles. The fourth-order valence-corrected chi connectivity index (χ4v) is 2.08. The number of benzene rings is 1. The molecule has 1 aromatic carbocycles. The van der Waals surface area contributed by atoms with Crippen LogP contribution in [0.2, 0.25) is 0 Å². The molecule has 0 saturated carbocycles. The van der Waals surface area contributed by atoms with Crippen molar-refractivity contribution in [2.45, 2.75) is 0 Å². The first-order chi connectivity index (χ1) is 10.2. The van der Waals surface area contributed by atoms with E-state index in [0.717, 1.165) is 4.68 Å². The highest BCUT2D eigenvalue weighted by Crippen LogP contribution is 2.14. The van der Waals surface area contributed by atoms with Gasteiger partial charge in [-0.25, -0.2) is 9.67 Å². The molecule has 1 amide bonds. The van der Waals surface area contributed by atoms with Crippen LogP contribution in [0.3, 0.4) is 0 Å². The van der Waals surface area contributed by atoms with E-state index in [0.29, 0.717) is 16.6 Å². The van der Waals surface area contributed by atoms with Crippen LogP contribution < -0.4 is 10.9 Å². The number of carbonyl (C=O) groups is 1. The van der Waals surface area contributed by atoms with E-state index >= 15 is 0 Å². The highest BCUT2D eigenvalue weighted by Gasteiger charge is 2.15. The van der Waals surface area contributed by atoms with Gasteiger partial charge in [-0.15, -0.1) is 0 Å². The van der Waals surface area contributed by atoms with Crippen LogP contribution in [0.25, 0.3) is 10.8 Å². The number of nitrogens with zero attached hydrogens (tertiary/aromatic N) is 3. The van der Waals surface area contributed by atoms with Crippen LogP contribution in [0.4, 0.5) is 5.82 Å². The van der Waals surface area contributed by atoms with Crippen LogP contribution >= 0.6 is 0 Å². The number of rotatable bonds is 2. The minimum atomic E-state index is -0.402. The molecule has 0 bridgehead atoms. The third-order valence-electron chi connectivity index (χ3n) is 3.08. The van der Waals surface area contributed by atoms with Crippen molar-refractivity contribution in [2.75, 3.05) is 5.32 Å². The van der Waals surface area contributed by atoms with Crippen LogP contribution in [0.1, 0.15) is 10.5 Å². The maximum atomic E-state index is 12.4. The number of hydrogen-bond acceptors (Lipinski definition) is 4. The standard InChI is InChI=1S/C15H12N4O2/c1-19-15(21)11-7-3-2-6-10(11)13(18-19)14(20)17-12-8-4-5-9-16-12/h2-9H,1H3,(H,16,17,20). The van der Waals surface area contributed by atoms with Gasteiger partial charge in [0.05, 0.1) is 5.39 Å². The van der Waals surface area contributed by atoms with Crippen molar-refractivity contribution in [3.63, 3.8) is 0 Å². The maximum Gasteiger partial charge on any atom is 0.277 e. The fourth-order valence-electron chi connectivity index (χ4n) is 2.08. The second-order valence-electron chi connectivity index (χ2n) is 4.49. The number of anilines is 1. The van der Waals surface area contributed by atoms with Crippen LogP contribution in [0, 0.1) is 0 Å². The van der Waals surface area contributed by atoms with E-state index in [1.165, 1.54) is 7.05 Å². The van der Waals surface area contributed by atoms with E-state index < -0.39 is 5.91 Å². The molecule has 3 aromatic rings. The lowest BCUT2D eigenvalue weighted by atomic mass is 10.1. The summed E-state index contributed by atoms with van der Waals surface area (Å²) in [6, 6.07) is 12.1. The van der Waals surface area contributed by atoms with E-state index in [-0.39, 0.29) is 11.3 Å². The monoisotopic (exact) mass is 280 g/mol. The number of nitrogens with one attached hydrogen (secondary N) is 1. The van der Waals surface area contributed by atoms with Gasteiger partial charge in [0.25, 0.3) is 11.5 Å². The number of amides is 1. The van der Waals surface area contributed by atoms with E-state index in [4.69, 9.17) is 0 Å². The molecule has 0 atom stereocenters. The molecule has 6 heteroatoms. The van der Waals surface area contributed by atoms with Gasteiger partial charge < -0.3 is 5.32 Å². The summed E-state index contributed by atoms with van der Waals surface area (Å²) in [6.07, 6.45) is 1.59. The molecule has 104 valence electrons. The zero-order chi connectivity index (χ0) is 14.8. The molecule has 0 aliphatic rings. The van der Waals surface area contributed by atoms with Crippen molar-refractivity contribution < 1.29 is 4.79 Å². The molecule has 0 radical (unpaired) electrons. The second-order valence-corrected chi connectivity index (χ2v) is 4.49. The Kier molecular flexibility index (Phi) is 3.19. The predicted octanol–water partition coefficient (Wildman–Crippen LogP) is 1.58. The van der Waals surface area contributed by atoms with Gasteiger partial charge in [-0.3, -0.25) is 9.59 Å². The lowest BCUT2D eigenvalue weighted by Crippen LogP contribution is -2.25. The third kappa shape index (κ3) is 2.38. The quantitative estimate of drug-likeness (QED) is 0.773. The van der Waals surface area contributed by atoms with E-state index in [2.05, 4.69) is 15.4 Å². The summed E-state index contributed by atoms with van der Waals surface area (Å²) in [7, 11) is 1.52. The molecule has 1 N–H and O–H groups in total. The van der Waals surface area contributed by atoms with Gasteiger partial charge >= 0.3 is 0 Å². The largest absolute Gasteiger partial charge is 0.305 e. The average molecular weight is 280 g/mol. The lowest BCUT2D eigenvalue weighted by Gasteiger charge is -2.08. The van der Waals surface area contributed by atoms with E-state index in [9.17, 15) is 9.59 Å². The second kappa shape index (κ2) is 5.16. The summed E-state index contributed by atoms with van der Waals surface area (Å²) >= 11 is 0. The molecule has 3 rings (SSSR count). The Balaban J connectivity index is 2.10. The van der Waals surface area contributed by atoms with Gasteiger partial charge in [0.1, 0.15) is 5.82 Å². The first kappa shape index (κ1) is 13.0. The molecule has 0 spiro atoms. The Bertz CT molecular complexity index is 872. The molecular formula is C15H12N4O2. The van der Waals surface area contributed by atoms with Crippen molar-refractivity contribution in [2.24, 2.45) is 7.05 Å². The summed E-state index contributed by atoms with van der Waals surface area (Å²) in [5, 5.41) is 7.71. The third-order valence-corrected chi connectivity index (χ3v) is 3.08. The minimum absolute atomic E-state index is 0.193. The highest BCUT2D eigenvalue weighted by molar-refractivity contribution is 6.10. The molecule has 0 saturated heterocycles. The summed E-state index contributed by atoms with van der Waals surface area (Å²) in [6.45, 7) is 0. The van der Waals surface area contributed by atoms with Crippen molar-refractivity contribution >= 4 is 22.5 Å². The van der Waals surface area contributed by atoms with E-state index in [1.54, 1.807) is 48.7 Å². The average Bonchev–Trinajstić information content (AvgIpc) is 2.52. The zero-order valence-corrected chi connectivity index (χ0v) is 11.3. The number of carbonyl (C=O) groups excluding carboxylic acids is 1. The van der Waals surface area contributed by atoms with Gasteiger partial charge in [0, 0.05) is 18.6 Å². The Hall–Kier alpha value is -3.02. The number of aromatic nitrogens is 3. The summed E-state index contributed by atoms with van der Waals surface area (Å²) in [5.41, 5.74) is -0.0432. The van der Waals surface area contributed by atoms with Gasteiger partial charge in [-0.1, -0.05) is 24.3 Å². The molecule has 0 aliphatic heterocycles. The molecule has 0 unspecified atom stereocenters. The normalized spacial score (nSPS) is 10.5. The minimum Gasteiger partial charge on any atom is -0.305 e. The predicted molar refractivity (Wildman–Crippen MR) is 79.2 cm³/mol. The summed E-state index contributed by atoms with van der Waals surface area (Å²) < 4.78 is 1.16. The van der Waals surface area contributed by atoms with Crippen molar-refractivity contribution in [1.29, 1.82) is 0 Å². The summed E-state index contributed by atoms with van der Waals surface area (Å²) in [5.74, 6) is 0.0303. The molecule has 0 aliphatic carbocycles. The number of pyridine rings is 1. The van der Waals surface area contributed by atoms with Gasteiger partial charge in [-0.2, -0.15) is 5.10 Å². The fraction of sp³-hybridized carbons (Fsp3) is 0.0667. The zero-order valence-electron chi connectivity index (χ0n) is 11.3. The van der Waals surface area contributed by atoms with Crippen LogP contribution in [-0.4, -0.2) is 20.7 Å². The Morgan fingerprint density at radius 1 is 1.10 bits per heavy atom. The number of aryl methyl sites for hydroxylation is 1. The molecule has 2 aromatic heterocycles. The Labute approximate surface area is 120 Å². The van der Waals surface area contributed by atoms with E-state index in [1.807, 2.05) is 0 Å². The van der Waals surface area contributed by atoms with Crippen molar-refractivity contribution in [3.8, 4) is 0 Å². The van der Waals surface area contributed by atoms with Gasteiger partial charge in [0.2, 0.25) is 0 Å². The Morgan fingerprint density at radius 2 is 1.81 bits per heavy atom. The van der Waals surface area contributed by atoms with Crippen LogP contribution in [0.5, 0.6) is 0 Å². The molecular weight excluding hydrogens is 268 g/mol. The first-order valence-corrected chi connectivity index (χ1v) is 6.35. The summed E-state index contributed by atoms with van der Waals surface area (Å²) in [4.78, 5) is 28.4. The molecule has 21 heavy (non-hydrogen) atoms. The molecule has 0 fully saturated rings. The topological polar surface area (TPSA) is 76.9 Å². The number of hydrogen-bond donors (Lipinski definition) is 1. The van der Waals surface area contributed by atoms with Crippen LogP contribution in [-0.2, 0) is 7.05 Å². The Morgan fingerprint density at radius 3 is 2.52 bits per heavy atom. The highest BCUT2D eigenvalue weighted by atomic mass is 16.2. The van der Waals surface area contributed by atoms with Crippen molar-refractivity contribution in [1.82, 2.24) is 14.8 Å². The maximum absolute atomic E-state index is 12.4. The van der Waals surface area contributed by atoms with Crippen LogP contribution in [0.15, 0.2) is 53.5 Å². The van der Waals surface area contributed by atoms with Gasteiger partial charge in [-0.05, 0) is 18.2 Å². The number of fused-ring (bicyclic) bond motifs is 1. The lowest BCUT2D eigenvalue weighted by molar-refractivity contribution is 0.102. The van der Waals surface area contributed by atoms with Crippen molar-refractivity contribution in [3.05, 3.63) is 64.7 Å². The SMILES string of the molecule is Cn1nc(C(=O)Nc2ccccn2)c2ccccc2c1=O. The smallest absolute Gasteiger partial charge is 0.277 e.